The highest BCUT2D eigenvalue weighted by atomic mass is 16.5. The lowest BCUT2D eigenvalue weighted by atomic mass is 9.70. The van der Waals surface area contributed by atoms with Crippen molar-refractivity contribution in [2.45, 2.75) is 67.4 Å². The summed E-state index contributed by atoms with van der Waals surface area (Å²) < 4.78 is 5.86. The molecule has 0 aliphatic rings. The van der Waals surface area contributed by atoms with Crippen molar-refractivity contribution < 1.29 is 4.74 Å². The standard InChI is InChI=1S/C14H30O/c1-8-14(12(4)5,9-11(2)3)10-15-13(6)7/h11-13H,8-10H2,1-7H3. The highest BCUT2D eigenvalue weighted by Crippen LogP contribution is 2.38. The molecule has 1 nitrogen and oxygen atoms in total. The van der Waals surface area contributed by atoms with Crippen LogP contribution in [0.25, 0.3) is 0 Å². The van der Waals surface area contributed by atoms with E-state index in [1.807, 2.05) is 0 Å². The molecule has 0 rings (SSSR count). The highest BCUT2D eigenvalue weighted by Gasteiger charge is 2.33. The van der Waals surface area contributed by atoms with Gasteiger partial charge in [0.25, 0.3) is 0 Å². The number of hydrogen-bond donors (Lipinski definition) is 0. The smallest absolute Gasteiger partial charge is 0.0528 e. The largest absolute Gasteiger partial charge is 0.378 e. The van der Waals surface area contributed by atoms with Crippen LogP contribution in [0, 0.1) is 17.3 Å². The van der Waals surface area contributed by atoms with E-state index in [4.69, 9.17) is 4.74 Å². The summed E-state index contributed by atoms with van der Waals surface area (Å²) in [7, 11) is 0. The lowest BCUT2D eigenvalue weighted by molar-refractivity contribution is -0.0285. The SMILES string of the molecule is CCC(COC(C)C)(CC(C)C)C(C)C. The first-order chi connectivity index (χ1) is 6.84. The molecule has 0 N–H and O–H groups in total. The minimum absolute atomic E-state index is 0.349. The van der Waals surface area contributed by atoms with Crippen LogP contribution in [0.4, 0.5) is 0 Å². The van der Waals surface area contributed by atoms with Crippen LogP contribution in [-0.4, -0.2) is 12.7 Å². The van der Waals surface area contributed by atoms with Gasteiger partial charge in [0.15, 0.2) is 0 Å². The van der Waals surface area contributed by atoms with Crippen molar-refractivity contribution in [2.24, 2.45) is 17.3 Å². The van der Waals surface area contributed by atoms with Crippen LogP contribution < -0.4 is 0 Å². The van der Waals surface area contributed by atoms with E-state index in [9.17, 15) is 0 Å². The third-order valence-corrected chi connectivity index (χ3v) is 3.45. The highest BCUT2D eigenvalue weighted by molar-refractivity contribution is 4.82. The van der Waals surface area contributed by atoms with Crippen LogP contribution in [0.2, 0.25) is 0 Å². The predicted octanol–water partition coefficient (Wildman–Crippen LogP) is 4.51. The fraction of sp³-hybridized carbons (Fsp3) is 1.00. The molecule has 0 aromatic heterocycles. The van der Waals surface area contributed by atoms with Crippen molar-refractivity contribution in [3.63, 3.8) is 0 Å². The van der Waals surface area contributed by atoms with Gasteiger partial charge in [-0.2, -0.15) is 0 Å². The van der Waals surface area contributed by atoms with Crippen LogP contribution in [0.15, 0.2) is 0 Å². The van der Waals surface area contributed by atoms with E-state index >= 15 is 0 Å². The maximum absolute atomic E-state index is 5.86. The second-order valence-electron chi connectivity index (χ2n) is 5.83. The van der Waals surface area contributed by atoms with Gasteiger partial charge >= 0.3 is 0 Å². The van der Waals surface area contributed by atoms with Crippen LogP contribution >= 0.6 is 0 Å². The molecule has 0 bridgehead atoms. The molecule has 0 aromatic carbocycles. The zero-order chi connectivity index (χ0) is 12.1. The van der Waals surface area contributed by atoms with Gasteiger partial charge in [0.2, 0.25) is 0 Å². The van der Waals surface area contributed by atoms with Crippen molar-refractivity contribution in [1.82, 2.24) is 0 Å². The molecule has 0 spiro atoms. The fourth-order valence-corrected chi connectivity index (χ4v) is 2.26. The molecule has 0 aliphatic heterocycles. The van der Waals surface area contributed by atoms with Crippen LogP contribution in [0.1, 0.15) is 61.3 Å². The molecule has 1 heteroatoms. The lowest BCUT2D eigenvalue weighted by Gasteiger charge is -2.38. The fourth-order valence-electron chi connectivity index (χ4n) is 2.26. The Morgan fingerprint density at radius 3 is 1.80 bits per heavy atom. The van der Waals surface area contributed by atoms with Gasteiger partial charge in [0, 0.05) is 0 Å². The van der Waals surface area contributed by atoms with E-state index in [2.05, 4.69) is 48.5 Å². The summed E-state index contributed by atoms with van der Waals surface area (Å²) in [4.78, 5) is 0. The quantitative estimate of drug-likeness (QED) is 0.606. The van der Waals surface area contributed by atoms with E-state index < -0.39 is 0 Å². The molecule has 0 aromatic rings. The van der Waals surface area contributed by atoms with Gasteiger partial charge in [-0.15, -0.1) is 0 Å². The van der Waals surface area contributed by atoms with Gasteiger partial charge in [-0.3, -0.25) is 0 Å². The molecule has 15 heavy (non-hydrogen) atoms. The summed E-state index contributed by atoms with van der Waals surface area (Å²) >= 11 is 0. The van der Waals surface area contributed by atoms with Gasteiger partial charge in [-0.1, -0.05) is 34.6 Å². The van der Waals surface area contributed by atoms with Gasteiger partial charge < -0.3 is 4.74 Å². The summed E-state index contributed by atoms with van der Waals surface area (Å²) in [6.07, 6.45) is 2.84. The van der Waals surface area contributed by atoms with Crippen molar-refractivity contribution in [3.8, 4) is 0 Å². The molecule has 0 heterocycles. The first-order valence-corrected chi connectivity index (χ1v) is 6.45. The summed E-state index contributed by atoms with van der Waals surface area (Å²) in [6, 6.07) is 0. The Balaban J connectivity index is 4.50. The monoisotopic (exact) mass is 214 g/mol. The molecule has 0 radical (unpaired) electrons. The second-order valence-corrected chi connectivity index (χ2v) is 5.83. The Labute approximate surface area is 96.6 Å². The van der Waals surface area contributed by atoms with Crippen LogP contribution in [-0.2, 0) is 4.74 Å². The Morgan fingerprint density at radius 1 is 1.00 bits per heavy atom. The first kappa shape index (κ1) is 15.0. The number of hydrogen-bond acceptors (Lipinski definition) is 1. The molecule has 0 amide bonds. The van der Waals surface area contributed by atoms with Crippen molar-refractivity contribution in [1.29, 1.82) is 0 Å². The van der Waals surface area contributed by atoms with E-state index in [-0.39, 0.29) is 0 Å². The molecule has 0 fully saturated rings. The summed E-state index contributed by atoms with van der Waals surface area (Å²) in [5, 5.41) is 0. The minimum Gasteiger partial charge on any atom is -0.378 e. The van der Waals surface area contributed by atoms with Crippen LogP contribution in [0.3, 0.4) is 0 Å². The average molecular weight is 214 g/mol. The Bertz CT molecular complexity index is 161. The van der Waals surface area contributed by atoms with Crippen LogP contribution in [0.5, 0.6) is 0 Å². The molecule has 1 atom stereocenters. The van der Waals surface area contributed by atoms with Crippen molar-refractivity contribution in [3.05, 3.63) is 0 Å². The van der Waals surface area contributed by atoms with E-state index in [1.54, 1.807) is 0 Å². The third kappa shape index (κ3) is 5.01. The molecule has 92 valence electrons. The minimum atomic E-state index is 0.349. The van der Waals surface area contributed by atoms with Gasteiger partial charge in [0.1, 0.15) is 0 Å². The molecular formula is C14H30O. The van der Waals surface area contributed by atoms with E-state index in [0.29, 0.717) is 17.4 Å². The first-order valence-electron chi connectivity index (χ1n) is 6.45. The van der Waals surface area contributed by atoms with Gasteiger partial charge in [-0.05, 0) is 43.9 Å². The van der Waals surface area contributed by atoms with Crippen molar-refractivity contribution >= 4 is 0 Å². The Hall–Kier alpha value is -0.0400. The maximum atomic E-state index is 5.86. The van der Waals surface area contributed by atoms with E-state index in [1.165, 1.54) is 12.8 Å². The molecule has 1 unspecified atom stereocenters. The van der Waals surface area contributed by atoms with Gasteiger partial charge in [-0.25, -0.2) is 0 Å². The number of rotatable bonds is 7. The lowest BCUT2D eigenvalue weighted by Crippen LogP contribution is -2.34. The molecule has 0 aliphatic carbocycles. The Kier molecular flexibility index (Phi) is 6.51. The predicted molar refractivity (Wildman–Crippen MR) is 68.1 cm³/mol. The summed E-state index contributed by atoms with van der Waals surface area (Å²) in [5.74, 6) is 1.45. The molecule has 0 saturated heterocycles. The van der Waals surface area contributed by atoms with E-state index in [0.717, 1.165) is 12.5 Å². The maximum Gasteiger partial charge on any atom is 0.0528 e. The summed E-state index contributed by atoms with van der Waals surface area (Å²) in [5.41, 5.74) is 0.373. The molecule has 0 saturated carbocycles. The molecular weight excluding hydrogens is 184 g/mol. The zero-order valence-corrected chi connectivity index (χ0v) is 11.8. The zero-order valence-electron chi connectivity index (χ0n) is 11.8. The second kappa shape index (κ2) is 6.52. The Morgan fingerprint density at radius 2 is 1.53 bits per heavy atom. The topological polar surface area (TPSA) is 9.23 Å². The van der Waals surface area contributed by atoms with Gasteiger partial charge in [0.05, 0.1) is 12.7 Å². The van der Waals surface area contributed by atoms with Crippen molar-refractivity contribution in [2.75, 3.05) is 6.61 Å². The summed E-state index contributed by atoms with van der Waals surface area (Å²) in [6.45, 7) is 16.7. The average Bonchev–Trinajstić information content (AvgIpc) is 2.11. The number of ether oxygens (including phenoxy) is 1. The third-order valence-electron chi connectivity index (χ3n) is 3.45. The normalized spacial score (nSPS) is 16.4.